The zero-order chi connectivity index (χ0) is 10.7. The van der Waals surface area contributed by atoms with E-state index in [1.54, 1.807) is 11.8 Å². The van der Waals surface area contributed by atoms with E-state index in [4.69, 9.17) is 11.6 Å². The predicted octanol–water partition coefficient (Wildman–Crippen LogP) is 3.52. The minimum absolute atomic E-state index is 0.729. The number of halogens is 1. The average molecular weight is 237 g/mol. The molecule has 0 spiro atoms. The minimum Gasteiger partial charge on any atom is -0.149 e. The molecule has 1 aromatic heterocycles. The lowest BCUT2D eigenvalue weighted by Gasteiger charge is -2.00. The van der Waals surface area contributed by atoms with Gasteiger partial charge in [0.25, 0.3) is 0 Å². The van der Waals surface area contributed by atoms with Crippen LogP contribution < -0.4 is 0 Å². The Balaban J connectivity index is 2.33. The van der Waals surface area contributed by atoms with Crippen LogP contribution in [0.4, 0.5) is 0 Å². The third kappa shape index (κ3) is 2.49. The van der Waals surface area contributed by atoms with Crippen molar-refractivity contribution in [1.82, 2.24) is 10.2 Å². The Kier molecular flexibility index (Phi) is 3.23. The van der Waals surface area contributed by atoms with E-state index in [9.17, 15) is 0 Å². The lowest BCUT2D eigenvalue weighted by atomic mass is 10.1. The van der Waals surface area contributed by atoms with Gasteiger partial charge in [-0.05, 0) is 30.5 Å². The smallest absolute Gasteiger partial charge is 0.119 e. The van der Waals surface area contributed by atoms with Crippen LogP contribution in [-0.4, -0.2) is 16.5 Å². The normalized spacial score (nSPS) is 10.3. The van der Waals surface area contributed by atoms with Gasteiger partial charge in [-0.3, -0.25) is 0 Å². The van der Waals surface area contributed by atoms with Crippen molar-refractivity contribution in [3.05, 3.63) is 41.4 Å². The molecule has 0 bridgehead atoms. The maximum Gasteiger partial charge on any atom is 0.119 e. The Bertz CT molecular complexity index is 439. The molecule has 2 aromatic rings. The van der Waals surface area contributed by atoms with Crippen LogP contribution in [0, 0.1) is 0 Å². The van der Waals surface area contributed by atoms with Crippen LogP contribution in [0.15, 0.2) is 41.4 Å². The zero-order valence-electron chi connectivity index (χ0n) is 8.14. The van der Waals surface area contributed by atoms with Crippen LogP contribution in [0.2, 0.25) is 5.02 Å². The van der Waals surface area contributed by atoms with Gasteiger partial charge in [0.15, 0.2) is 0 Å². The second-order valence-corrected chi connectivity index (χ2v) is 4.23. The Morgan fingerprint density at radius 3 is 2.27 bits per heavy atom. The van der Waals surface area contributed by atoms with E-state index in [1.165, 1.54) is 0 Å². The summed E-state index contributed by atoms with van der Waals surface area (Å²) in [5.74, 6) is 0. The summed E-state index contributed by atoms with van der Waals surface area (Å²) in [6, 6.07) is 11.5. The van der Waals surface area contributed by atoms with Gasteiger partial charge in [0.2, 0.25) is 0 Å². The molecule has 2 rings (SSSR count). The monoisotopic (exact) mass is 236 g/mol. The molecule has 0 amide bonds. The molecule has 0 fully saturated rings. The lowest BCUT2D eigenvalue weighted by Crippen LogP contribution is -1.88. The summed E-state index contributed by atoms with van der Waals surface area (Å²) < 4.78 is 0. The van der Waals surface area contributed by atoms with Crippen LogP contribution in [0.5, 0.6) is 0 Å². The molecule has 1 aromatic carbocycles. The van der Waals surface area contributed by atoms with Gasteiger partial charge in [0.05, 0.1) is 5.69 Å². The number of benzene rings is 1. The van der Waals surface area contributed by atoms with Gasteiger partial charge in [0, 0.05) is 10.6 Å². The standard InChI is InChI=1S/C11H9ClN2S/c1-15-11-7-6-10(13-14-11)8-2-4-9(12)5-3-8/h2-7H,1H3. The van der Waals surface area contributed by atoms with Crippen molar-refractivity contribution >= 4 is 23.4 Å². The SMILES string of the molecule is CSc1ccc(-c2ccc(Cl)cc2)nn1. The van der Waals surface area contributed by atoms with E-state index in [0.717, 1.165) is 21.3 Å². The van der Waals surface area contributed by atoms with Crippen molar-refractivity contribution in [2.75, 3.05) is 6.26 Å². The molecule has 0 aliphatic heterocycles. The maximum atomic E-state index is 5.81. The zero-order valence-corrected chi connectivity index (χ0v) is 9.72. The van der Waals surface area contributed by atoms with Crippen molar-refractivity contribution in [3.63, 3.8) is 0 Å². The molecule has 0 aliphatic rings. The second kappa shape index (κ2) is 4.64. The molecule has 0 unspecified atom stereocenters. The summed E-state index contributed by atoms with van der Waals surface area (Å²) in [5.41, 5.74) is 1.89. The van der Waals surface area contributed by atoms with Crippen LogP contribution in [-0.2, 0) is 0 Å². The van der Waals surface area contributed by atoms with Crippen molar-refractivity contribution in [3.8, 4) is 11.3 Å². The molecule has 0 saturated heterocycles. The molecule has 0 saturated carbocycles. The summed E-state index contributed by atoms with van der Waals surface area (Å²) >= 11 is 7.39. The average Bonchev–Trinajstić information content (AvgIpc) is 2.30. The molecule has 0 atom stereocenters. The highest BCUT2D eigenvalue weighted by Gasteiger charge is 2.00. The number of rotatable bonds is 2. The fraction of sp³-hybridized carbons (Fsp3) is 0.0909. The fourth-order valence-electron chi connectivity index (χ4n) is 1.20. The molecule has 1 heterocycles. The van der Waals surface area contributed by atoms with E-state index in [2.05, 4.69) is 10.2 Å². The van der Waals surface area contributed by atoms with Crippen LogP contribution in [0.3, 0.4) is 0 Å². The van der Waals surface area contributed by atoms with Gasteiger partial charge in [0.1, 0.15) is 5.03 Å². The fourth-order valence-corrected chi connectivity index (χ4v) is 1.66. The molecule has 76 valence electrons. The van der Waals surface area contributed by atoms with Crippen LogP contribution in [0.1, 0.15) is 0 Å². The Labute approximate surface area is 97.7 Å². The summed E-state index contributed by atoms with van der Waals surface area (Å²) in [5, 5.41) is 9.86. The summed E-state index contributed by atoms with van der Waals surface area (Å²) in [6.07, 6.45) is 1.98. The van der Waals surface area contributed by atoms with Gasteiger partial charge >= 0.3 is 0 Å². The van der Waals surface area contributed by atoms with Crippen molar-refractivity contribution in [2.45, 2.75) is 5.03 Å². The van der Waals surface area contributed by atoms with Gasteiger partial charge in [-0.25, -0.2) is 0 Å². The minimum atomic E-state index is 0.729. The largest absolute Gasteiger partial charge is 0.149 e. The summed E-state index contributed by atoms with van der Waals surface area (Å²) in [6.45, 7) is 0. The molecular weight excluding hydrogens is 228 g/mol. The summed E-state index contributed by atoms with van der Waals surface area (Å²) in [7, 11) is 0. The van der Waals surface area contributed by atoms with Crippen LogP contribution in [0.25, 0.3) is 11.3 Å². The highest BCUT2D eigenvalue weighted by atomic mass is 35.5. The van der Waals surface area contributed by atoms with Crippen molar-refractivity contribution in [2.24, 2.45) is 0 Å². The van der Waals surface area contributed by atoms with Gasteiger partial charge in [-0.1, -0.05) is 23.7 Å². The molecule has 15 heavy (non-hydrogen) atoms. The Hall–Kier alpha value is -1.06. The number of thioether (sulfide) groups is 1. The summed E-state index contributed by atoms with van der Waals surface area (Å²) in [4.78, 5) is 0. The highest BCUT2D eigenvalue weighted by molar-refractivity contribution is 7.98. The number of hydrogen-bond donors (Lipinski definition) is 0. The first-order chi connectivity index (χ1) is 7.29. The van der Waals surface area contributed by atoms with E-state index in [0.29, 0.717) is 0 Å². The Morgan fingerprint density at radius 2 is 1.73 bits per heavy atom. The van der Waals surface area contributed by atoms with Gasteiger partial charge in [-0.15, -0.1) is 22.0 Å². The molecular formula is C11H9ClN2S. The van der Waals surface area contributed by atoms with Gasteiger partial charge in [-0.2, -0.15) is 0 Å². The van der Waals surface area contributed by atoms with Crippen molar-refractivity contribution in [1.29, 1.82) is 0 Å². The van der Waals surface area contributed by atoms with E-state index < -0.39 is 0 Å². The quantitative estimate of drug-likeness (QED) is 0.747. The molecule has 0 radical (unpaired) electrons. The Morgan fingerprint density at radius 1 is 1.00 bits per heavy atom. The van der Waals surface area contributed by atoms with Crippen molar-refractivity contribution < 1.29 is 0 Å². The topological polar surface area (TPSA) is 25.8 Å². The molecule has 2 nitrogen and oxygen atoms in total. The first-order valence-electron chi connectivity index (χ1n) is 4.43. The molecule has 0 aliphatic carbocycles. The molecule has 4 heteroatoms. The van der Waals surface area contributed by atoms with E-state index in [1.807, 2.05) is 42.7 Å². The first-order valence-corrected chi connectivity index (χ1v) is 6.03. The number of nitrogens with zero attached hydrogens (tertiary/aromatic N) is 2. The van der Waals surface area contributed by atoms with E-state index >= 15 is 0 Å². The third-order valence-electron chi connectivity index (χ3n) is 1.99. The predicted molar refractivity (Wildman–Crippen MR) is 64.3 cm³/mol. The number of hydrogen-bond acceptors (Lipinski definition) is 3. The van der Waals surface area contributed by atoms with Gasteiger partial charge < -0.3 is 0 Å². The molecule has 0 N–H and O–H groups in total. The first kappa shape index (κ1) is 10.5. The lowest BCUT2D eigenvalue weighted by molar-refractivity contribution is 0.937. The van der Waals surface area contributed by atoms with E-state index in [-0.39, 0.29) is 0 Å². The van der Waals surface area contributed by atoms with Crippen LogP contribution >= 0.6 is 23.4 Å². The highest BCUT2D eigenvalue weighted by Crippen LogP contribution is 2.20. The maximum absolute atomic E-state index is 5.81. The third-order valence-corrected chi connectivity index (χ3v) is 2.88. The second-order valence-electron chi connectivity index (χ2n) is 2.97. The number of aromatic nitrogens is 2.